The van der Waals surface area contributed by atoms with Gasteiger partial charge in [-0.3, -0.25) is 9.59 Å². The van der Waals surface area contributed by atoms with Crippen LogP contribution >= 0.6 is 11.6 Å². The first-order valence-electron chi connectivity index (χ1n) is 11.1. The van der Waals surface area contributed by atoms with E-state index in [1.807, 2.05) is 50.2 Å². The zero-order valence-corrected chi connectivity index (χ0v) is 20.0. The highest BCUT2D eigenvalue weighted by atomic mass is 35.5. The summed E-state index contributed by atoms with van der Waals surface area (Å²) in [5, 5.41) is 3.45. The van der Waals surface area contributed by atoms with Gasteiger partial charge < -0.3 is 15.0 Å². The summed E-state index contributed by atoms with van der Waals surface area (Å²) >= 11 is 6.16. The Labute approximate surface area is 204 Å². The fourth-order valence-electron chi connectivity index (χ4n) is 3.55. The molecular weight excluding hydrogens is 455 g/mol. The molecule has 0 radical (unpaired) electrons. The van der Waals surface area contributed by atoms with Crippen LogP contribution in [-0.4, -0.2) is 35.4 Å². The Hall–Kier alpha value is -3.38. The number of ether oxygens (including phenoxy) is 1. The average Bonchev–Trinajstić information content (AvgIpc) is 2.81. The number of carbonyl (C=O) groups excluding carboxylic acids is 2. The predicted molar refractivity (Wildman–Crippen MR) is 131 cm³/mol. The van der Waals surface area contributed by atoms with Crippen LogP contribution in [0.15, 0.2) is 78.9 Å². The van der Waals surface area contributed by atoms with E-state index in [4.69, 9.17) is 16.3 Å². The summed E-state index contributed by atoms with van der Waals surface area (Å²) < 4.78 is 19.5. The minimum Gasteiger partial charge on any atom is -0.481 e. The van der Waals surface area contributed by atoms with Crippen LogP contribution in [0, 0.1) is 5.82 Å². The third-order valence-electron chi connectivity index (χ3n) is 5.13. The number of amides is 2. The lowest BCUT2D eigenvalue weighted by molar-refractivity contribution is -0.143. The predicted octanol–water partition coefficient (Wildman–Crippen LogP) is 5.02. The molecule has 178 valence electrons. The highest BCUT2D eigenvalue weighted by Gasteiger charge is 2.31. The second-order valence-electron chi connectivity index (χ2n) is 8.24. The number of nitrogens with zero attached hydrogens (tertiary/aromatic N) is 1. The molecule has 0 unspecified atom stereocenters. The molecule has 0 aliphatic carbocycles. The largest absolute Gasteiger partial charge is 0.481 e. The van der Waals surface area contributed by atoms with Gasteiger partial charge in [-0.2, -0.15) is 0 Å². The van der Waals surface area contributed by atoms with Crippen molar-refractivity contribution >= 4 is 23.4 Å². The van der Waals surface area contributed by atoms with Gasteiger partial charge in [-0.05, 0) is 49.2 Å². The van der Waals surface area contributed by atoms with Crippen molar-refractivity contribution in [1.82, 2.24) is 10.2 Å². The smallest absolute Gasteiger partial charge is 0.261 e. The number of carbonyl (C=O) groups is 2. The molecule has 3 rings (SSSR count). The normalized spacial score (nSPS) is 11.7. The summed E-state index contributed by atoms with van der Waals surface area (Å²) in [5.41, 5.74) is 1.67. The van der Waals surface area contributed by atoms with Crippen LogP contribution < -0.4 is 10.1 Å². The third-order valence-corrected chi connectivity index (χ3v) is 5.37. The third kappa shape index (κ3) is 7.32. The molecule has 0 fully saturated rings. The van der Waals surface area contributed by atoms with Gasteiger partial charge in [-0.1, -0.05) is 66.2 Å². The number of hydrogen-bond acceptors (Lipinski definition) is 3. The Morgan fingerprint density at radius 3 is 2.32 bits per heavy atom. The van der Waals surface area contributed by atoms with Gasteiger partial charge in [-0.15, -0.1) is 0 Å². The van der Waals surface area contributed by atoms with Crippen molar-refractivity contribution in [2.45, 2.75) is 38.9 Å². The highest BCUT2D eigenvalue weighted by Crippen LogP contribution is 2.19. The van der Waals surface area contributed by atoms with Crippen molar-refractivity contribution < 1.29 is 18.7 Å². The molecule has 2 amide bonds. The molecule has 0 bridgehead atoms. The molecule has 0 saturated heterocycles. The summed E-state index contributed by atoms with van der Waals surface area (Å²) in [5.74, 6) is -1.30. The maximum absolute atomic E-state index is 14.0. The van der Waals surface area contributed by atoms with E-state index in [0.29, 0.717) is 11.4 Å². The van der Waals surface area contributed by atoms with Crippen LogP contribution in [-0.2, 0) is 22.6 Å². The maximum atomic E-state index is 14.0. The first kappa shape index (κ1) is 25.2. The van der Waals surface area contributed by atoms with E-state index in [1.165, 1.54) is 17.0 Å². The molecule has 0 heterocycles. The lowest BCUT2D eigenvalue weighted by Gasteiger charge is -2.32. The summed E-state index contributed by atoms with van der Waals surface area (Å²) in [6.07, 6.45) is 0.311. The van der Waals surface area contributed by atoms with E-state index in [0.717, 1.165) is 11.1 Å². The van der Waals surface area contributed by atoms with Crippen LogP contribution in [0.3, 0.4) is 0 Å². The monoisotopic (exact) mass is 482 g/mol. The molecule has 1 N–H and O–H groups in total. The molecule has 0 spiro atoms. The number of halogens is 2. The number of rotatable bonds is 10. The molecule has 0 aliphatic heterocycles. The van der Waals surface area contributed by atoms with E-state index in [2.05, 4.69) is 5.32 Å². The van der Waals surface area contributed by atoms with Crippen molar-refractivity contribution in [2.75, 3.05) is 6.61 Å². The first-order valence-corrected chi connectivity index (χ1v) is 11.5. The number of hydrogen-bond donors (Lipinski definition) is 1. The minimum atomic E-state index is -0.805. The Balaban J connectivity index is 1.92. The molecule has 3 aromatic rings. The van der Waals surface area contributed by atoms with Crippen molar-refractivity contribution in [3.63, 3.8) is 0 Å². The Morgan fingerprint density at radius 1 is 0.971 bits per heavy atom. The van der Waals surface area contributed by atoms with Crippen LogP contribution in [0.5, 0.6) is 5.75 Å². The summed E-state index contributed by atoms with van der Waals surface area (Å²) in [6.45, 7) is 3.45. The van der Waals surface area contributed by atoms with Crippen molar-refractivity contribution in [3.05, 3.63) is 101 Å². The Bertz CT molecular complexity index is 1110. The zero-order valence-electron chi connectivity index (χ0n) is 19.2. The van der Waals surface area contributed by atoms with Crippen molar-refractivity contribution in [1.29, 1.82) is 0 Å². The molecule has 0 aromatic heterocycles. The highest BCUT2D eigenvalue weighted by molar-refractivity contribution is 6.30. The summed E-state index contributed by atoms with van der Waals surface area (Å²) in [6, 6.07) is 21.6. The van der Waals surface area contributed by atoms with E-state index in [1.54, 1.807) is 30.3 Å². The van der Waals surface area contributed by atoms with Gasteiger partial charge in [0, 0.05) is 24.0 Å². The van der Waals surface area contributed by atoms with E-state index in [9.17, 15) is 14.0 Å². The lowest BCUT2D eigenvalue weighted by Crippen LogP contribution is -2.52. The van der Waals surface area contributed by atoms with Crippen LogP contribution in [0.25, 0.3) is 0 Å². The quantitative estimate of drug-likeness (QED) is 0.441. The average molecular weight is 483 g/mol. The summed E-state index contributed by atoms with van der Waals surface area (Å²) in [4.78, 5) is 28.1. The SMILES string of the molecule is CC(C)NC(=O)[C@@H](Cc1ccccc1)N(Cc1cccc(Cl)c1)C(=O)COc1ccccc1F. The van der Waals surface area contributed by atoms with E-state index >= 15 is 0 Å². The topological polar surface area (TPSA) is 58.6 Å². The Kier molecular flexibility index (Phi) is 9.05. The van der Waals surface area contributed by atoms with Gasteiger partial charge in [0.15, 0.2) is 18.2 Å². The van der Waals surface area contributed by atoms with Gasteiger partial charge in [-0.25, -0.2) is 4.39 Å². The number of para-hydroxylation sites is 1. The van der Waals surface area contributed by atoms with Crippen LogP contribution in [0.4, 0.5) is 4.39 Å². The van der Waals surface area contributed by atoms with Gasteiger partial charge in [0.05, 0.1) is 0 Å². The molecule has 5 nitrogen and oxygen atoms in total. The van der Waals surface area contributed by atoms with Crippen molar-refractivity contribution in [3.8, 4) is 5.75 Å². The second-order valence-corrected chi connectivity index (χ2v) is 8.68. The van der Waals surface area contributed by atoms with E-state index in [-0.39, 0.29) is 24.2 Å². The van der Waals surface area contributed by atoms with Crippen LogP contribution in [0.1, 0.15) is 25.0 Å². The minimum absolute atomic E-state index is 0.0233. The molecule has 0 saturated carbocycles. The first-order chi connectivity index (χ1) is 16.3. The fraction of sp³-hybridized carbons (Fsp3) is 0.259. The van der Waals surface area contributed by atoms with E-state index < -0.39 is 24.4 Å². The number of benzene rings is 3. The molecule has 34 heavy (non-hydrogen) atoms. The zero-order chi connectivity index (χ0) is 24.5. The van der Waals surface area contributed by atoms with Gasteiger partial charge >= 0.3 is 0 Å². The summed E-state index contributed by atoms with van der Waals surface area (Å²) in [7, 11) is 0. The van der Waals surface area contributed by atoms with Gasteiger partial charge in [0.25, 0.3) is 5.91 Å². The van der Waals surface area contributed by atoms with Gasteiger partial charge in [0.1, 0.15) is 6.04 Å². The second kappa shape index (κ2) is 12.2. The molecule has 1 atom stereocenters. The Morgan fingerprint density at radius 2 is 1.65 bits per heavy atom. The maximum Gasteiger partial charge on any atom is 0.261 e. The van der Waals surface area contributed by atoms with Gasteiger partial charge in [0.2, 0.25) is 5.91 Å². The fourth-order valence-corrected chi connectivity index (χ4v) is 3.76. The molecular formula is C27H28ClFN2O3. The van der Waals surface area contributed by atoms with Crippen molar-refractivity contribution in [2.24, 2.45) is 0 Å². The van der Waals surface area contributed by atoms with Crippen LogP contribution in [0.2, 0.25) is 5.02 Å². The molecule has 7 heteroatoms. The standard InChI is InChI=1S/C27H28ClFN2O3/c1-19(2)30-27(33)24(16-20-9-4-3-5-10-20)31(17-21-11-8-12-22(28)15-21)26(32)18-34-25-14-7-6-13-23(25)29/h3-15,19,24H,16-18H2,1-2H3,(H,30,33)/t24-/m1/s1. The molecule has 3 aromatic carbocycles. The lowest BCUT2D eigenvalue weighted by atomic mass is 10.0. The molecule has 0 aliphatic rings. The number of nitrogens with one attached hydrogen (secondary N) is 1.